The number of hydrogen-bond donors (Lipinski definition) is 1. The average Bonchev–Trinajstić information content (AvgIpc) is 2.82. The smallest absolute Gasteiger partial charge is 0.235 e. The number of anilines is 1. The number of benzene rings is 3. The van der Waals surface area contributed by atoms with Crippen LogP contribution in [0, 0.1) is 0 Å². The molecular weight excluding hydrogens is 424 g/mol. The predicted molar refractivity (Wildman–Crippen MR) is 126 cm³/mol. The summed E-state index contributed by atoms with van der Waals surface area (Å²) in [6.07, 6.45) is 1.16. The van der Waals surface area contributed by atoms with Crippen LogP contribution in [0.1, 0.15) is 25.3 Å². The van der Waals surface area contributed by atoms with E-state index in [0.29, 0.717) is 48.1 Å². The Bertz CT molecular complexity index is 1090. The van der Waals surface area contributed by atoms with E-state index < -0.39 is 5.41 Å². The van der Waals surface area contributed by atoms with E-state index in [-0.39, 0.29) is 11.8 Å². The molecule has 0 radical (unpaired) electrons. The molecular formula is C26H25ClN2O3. The third-order valence-corrected chi connectivity index (χ3v) is 6.31. The van der Waals surface area contributed by atoms with E-state index >= 15 is 0 Å². The van der Waals surface area contributed by atoms with Crippen molar-refractivity contribution in [1.82, 2.24) is 4.90 Å². The summed E-state index contributed by atoms with van der Waals surface area (Å²) in [5.74, 6) is 1.18. The molecule has 0 unspecified atom stereocenters. The van der Waals surface area contributed by atoms with Crippen LogP contribution >= 0.6 is 11.6 Å². The van der Waals surface area contributed by atoms with Gasteiger partial charge in [0.25, 0.3) is 0 Å². The van der Waals surface area contributed by atoms with E-state index in [2.05, 4.69) is 5.32 Å². The van der Waals surface area contributed by atoms with Crippen LogP contribution in [0.5, 0.6) is 11.5 Å². The number of halogens is 1. The number of carbonyl (C=O) groups excluding carboxylic acids is 2. The number of hydrogen-bond acceptors (Lipinski definition) is 3. The second-order valence-corrected chi connectivity index (χ2v) is 8.37. The van der Waals surface area contributed by atoms with Crippen molar-refractivity contribution in [2.24, 2.45) is 0 Å². The molecule has 164 valence electrons. The number of para-hydroxylation sites is 1. The molecule has 4 rings (SSSR count). The fourth-order valence-corrected chi connectivity index (χ4v) is 4.29. The van der Waals surface area contributed by atoms with Gasteiger partial charge < -0.3 is 15.0 Å². The Morgan fingerprint density at radius 2 is 1.53 bits per heavy atom. The summed E-state index contributed by atoms with van der Waals surface area (Å²) in [7, 11) is 0. The number of likely N-dealkylation sites (tertiary alicyclic amines) is 1. The van der Waals surface area contributed by atoms with Gasteiger partial charge in [-0.05, 0) is 54.8 Å². The van der Waals surface area contributed by atoms with Crippen LogP contribution in [-0.4, -0.2) is 29.8 Å². The summed E-state index contributed by atoms with van der Waals surface area (Å²) in [5.41, 5.74) is 0.977. The minimum Gasteiger partial charge on any atom is -0.456 e. The van der Waals surface area contributed by atoms with Crippen molar-refractivity contribution in [1.29, 1.82) is 0 Å². The molecule has 1 saturated heterocycles. The first-order valence-electron chi connectivity index (χ1n) is 10.6. The summed E-state index contributed by atoms with van der Waals surface area (Å²) in [4.78, 5) is 27.1. The average molecular weight is 449 g/mol. The minimum absolute atomic E-state index is 0.0428. The topological polar surface area (TPSA) is 58.6 Å². The van der Waals surface area contributed by atoms with Gasteiger partial charge in [-0.15, -0.1) is 0 Å². The van der Waals surface area contributed by atoms with Gasteiger partial charge in [-0.25, -0.2) is 0 Å². The van der Waals surface area contributed by atoms with Gasteiger partial charge in [0.05, 0.1) is 10.4 Å². The Morgan fingerprint density at radius 3 is 2.16 bits per heavy atom. The minimum atomic E-state index is -0.681. The molecule has 1 N–H and O–H groups in total. The molecule has 1 fully saturated rings. The lowest BCUT2D eigenvalue weighted by atomic mass is 9.72. The van der Waals surface area contributed by atoms with Gasteiger partial charge in [-0.1, -0.05) is 54.1 Å². The molecule has 2 amide bonds. The van der Waals surface area contributed by atoms with Crippen LogP contribution in [0.4, 0.5) is 5.69 Å². The third-order valence-electron chi connectivity index (χ3n) is 6.00. The predicted octanol–water partition coefficient (Wildman–Crippen LogP) is 5.65. The first-order chi connectivity index (χ1) is 15.5. The molecule has 0 saturated carbocycles. The van der Waals surface area contributed by atoms with Gasteiger partial charge in [0.1, 0.15) is 11.5 Å². The highest BCUT2D eigenvalue weighted by atomic mass is 35.5. The van der Waals surface area contributed by atoms with E-state index in [1.54, 1.807) is 36.1 Å². The maximum Gasteiger partial charge on any atom is 0.235 e. The molecule has 0 aromatic heterocycles. The summed E-state index contributed by atoms with van der Waals surface area (Å²) in [6.45, 7) is 2.69. The van der Waals surface area contributed by atoms with Crippen LogP contribution < -0.4 is 10.1 Å². The van der Waals surface area contributed by atoms with Gasteiger partial charge in [0.15, 0.2) is 0 Å². The highest BCUT2D eigenvalue weighted by Gasteiger charge is 2.43. The Hall–Kier alpha value is -3.31. The lowest BCUT2D eigenvalue weighted by Gasteiger charge is -2.40. The second-order valence-electron chi connectivity index (χ2n) is 7.97. The highest BCUT2D eigenvalue weighted by molar-refractivity contribution is 6.32. The SMILES string of the molecule is CC(=O)N1CCC(C(=O)Nc2ccc(Oc3ccccc3Cl)cc2)(c2ccccc2)CC1. The van der Waals surface area contributed by atoms with Gasteiger partial charge in [0.2, 0.25) is 11.8 Å². The summed E-state index contributed by atoms with van der Waals surface area (Å²) in [5, 5.41) is 3.61. The molecule has 3 aromatic rings. The first kappa shape index (κ1) is 21.9. The molecule has 1 aliphatic heterocycles. The number of ether oxygens (including phenoxy) is 1. The highest BCUT2D eigenvalue weighted by Crippen LogP contribution is 2.37. The van der Waals surface area contributed by atoms with E-state index in [9.17, 15) is 9.59 Å². The standard InChI is InChI=1S/C26H25ClN2O3/c1-19(30)29-17-15-26(16-18-29,20-7-3-2-4-8-20)25(31)28-21-11-13-22(14-12-21)32-24-10-6-5-9-23(24)27/h2-14H,15-18H2,1H3,(H,28,31). The van der Waals surface area contributed by atoms with E-state index in [1.165, 1.54) is 0 Å². The summed E-state index contributed by atoms with van der Waals surface area (Å²) >= 11 is 6.16. The molecule has 0 spiro atoms. The fourth-order valence-electron chi connectivity index (χ4n) is 4.12. The van der Waals surface area contributed by atoms with E-state index in [1.807, 2.05) is 54.6 Å². The van der Waals surface area contributed by atoms with E-state index in [0.717, 1.165) is 5.56 Å². The van der Waals surface area contributed by atoms with Gasteiger partial charge in [-0.2, -0.15) is 0 Å². The van der Waals surface area contributed by atoms with Crippen molar-refractivity contribution in [2.75, 3.05) is 18.4 Å². The molecule has 3 aromatic carbocycles. The first-order valence-corrected chi connectivity index (χ1v) is 11.0. The molecule has 5 nitrogen and oxygen atoms in total. The molecule has 0 atom stereocenters. The zero-order chi connectivity index (χ0) is 22.6. The maximum atomic E-state index is 13.5. The number of amides is 2. The van der Waals surface area contributed by atoms with Crippen molar-refractivity contribution in [2.45, 2.75) is 25.2 Å². The third kappa shape index (κ3) is 4.63. The zero-order valence-electron chi connectivity index (χ0n) is 17.9. The monoisotopic (exact) mass is 448 g/mol. The molecule has 1 heterocycles. The van der Waals surface area contributed by atoms with Crippen molar-refractivity contribution in [3.63, 3.8) is 0 Å². The Balaban J connectivity index is 1.51. The van der Waals surface area contributed by atoms with Gasteiger partial charge in [-0.3, -0.25) is 9.59 Å². The van der Waals surface area contributed by atoms with Crippen molar-refractivity contribution in [3.8, 4) is 11.5 Å². The molecule has 6 heteroatoms. The Labute approximate surface area is 193 Å². The van der Waals surface area contributed by atoms with Crippen LogP contribution in [0.3, 0.4) is 0 Å². The Morgan fingerprint density at radius 1 is 0.906 bits per heavy atom. The summed E-state index contributed by atoms with van der Waals surface area (Å²) in [6, 6.07) is 24.3. The molecule has 1 aliphatic rings. The summed E-state index contributed by atoms with van der Waals surface area (Å²) < 4.78 is 5.83. The van der Waals surface area contributed by atoms with Crippen molar-refractivity contribution in [3.05, 3.63) is 89.4 Å². The molecule has 32 heavy (non-hydrogen) atoms. The zero-order valence-corrected chi connectivity index (χ0v) is 18.6. The second kappa shape index (κ2) is 9.45. The maximum absolute atomic E-state index is 13.5. The van der Waals surface area contributed by atoms with Crippen LogP contribution in [0.2, 0.25) is 5.02 Å². The lowest BCUT2D eigenvalue weighted by molar-refractivity contribution is -0.133. The largest absolute Gasteiger partial charge is 0.456 e. The molecule has 0 bridgehead atoms. The normalized spacial score (nSPS) is 15.1. The number of carbonyl (C=O) groups is 2. The van der Waals surface area contributed by atoms with Crippen LogP contribution in [-0.2, 0) is 15.0 Å². The van der Waals surface area contributed by atoms with Gasteiger partial charge in [0, 0.05) is 25.7 Å². The number of rotatable bonds is 5. The van der Waals surface area contributed by atoms with Crippen molar-refractivity contribution >= 4 is 29.1 Å². The van der Waals surface area contributed by atoms with Gasteiger partial charge >= 0.3 is 0 Å². The quantitative estimate of drug-likeness (QED) is 0.548. The van der Waals surface area contributed by atoms with Crippen molar-refractivity contribution < 1.29 is 14.3 Å². The Kier molecular flexibility index (Phi) is 6.47. The fraction of sp³-hybridized carbons (Fsp3) is 0.231. The number of nitrogens with one attached hydrogen (secondary N) is 1. The van der Waals surface area contributed by atoms with E-state index in [4.69, 9.17) is 16.3 Å². The van der Waals surface area contributed by atoms with Crippen LogP contribution in [0.25, 0.3) is 0 Å². The molecule has 0 aliphatic carbocycles. The lowest BCUT2D eigenvalue weighted by Crippen LogP contribution is -2.50. The number of piperidine rings is 1. The van der Waals surface area contributed by atoms with Crippen LogP contribution in [0.15, 0.2) is 78.9 Å². The number of nitrogens with zero attached hydrogens (tertiary/aromatic N) is 1.